The number of nitrogens with one attached hydrogen (secondary N) is 1. The predicted molar refractivity (Wildman–Crippen MR) is 76.3 cm³/mol. The Hall–Kier alpha value is -0.570. The van der Waals surface area contributed by atoms with Gasteiger partial charge in [-0.2, -0.15) is 0 Å². The summed E-state index contributed by atoms with van der Waals surface area (Å²) in [6.45, 7) is 3.40. The summed E-state index contributed by atoms with van der Waals surface area (Å²) < 4.78 is 1.32. The first-order valence-electron chi connectivity index (χ1n) is 6.15. The Morgan fingerprint density at radius 1 is 1.41 bits per heavy atom. The van der Waals surface area contributed by atoms with Gasteiger partial charge in [-0.3, -0.25) is 0 Å². The molecule has 90 valence electrons. The zero-order valence-corrected chi connectivity index (χ0v) is 11.4. The van der Waals surface area contributed by atoms with Crippen molar-refractivity contribution >= 4 is 33.0 Å². The van der Waals surface area contributed by atoms with Crippen molar-refractivity contribution in [1.29, 1.82) is 0 Å². The molecule has 0 saturated carbocycles. The molecule has 2 atom stereocenters. The third-order valence-corrected chi connectivity index (χ3v) is 5.15. The van der Waals surface area contributed by atoms with Gasteiger partial charge < -0.3 is 5.32 Å². The molecule has 1 saturated heterocycles. The second kappa shape index (κ2) is 4.60. The van der Waals surface area contributed by atoms with Crippen LogP contribution in [-0.4, -0.2) is 12.6 Å². The van der Waals surface area contributed by atoms with Crippen molar-refractivity contribution in [3.8, 4) is 0 Å². The zero-order chi connectivity index (χ0) is 11.8. The highest BCUT2D eigenvalue weighted by Gasteiger charge is 2.21. The maximum absolute atomic E-state index is 6.23. The van der Waals surface area contributed by atoms with Crippen molar-refractivity contribution < 1.29 is 0 Å². The molecule has 1 aromatic carbocycles. The average molecular weight is 266 g/mol. The van der Waals surface area contributed by atoms with Crippen LogP contribution in [0.4, 0.5) is 0 Å². The minimum absolute atomic E-state index is 0.634. The molecule has 3 heteroatoms. The molecule has 2 aromatic rings. The van der Waals surface area contributed by atoms with Gasteiger partial charge in [-0.05, 0) is 50.4 Å². The van der Waals surface area contributed by atoms with Crippen LogP contribution in [0, 0.1) is 0 Å². The van der Waals surface area contributed by atoms with E-state index in [1.165, 1.54) is 27.8 Å². The van der Waals surface area contributed by atoms with Gasteiger partial charge in [0.25, 0.3) is 0 Å². The van der Waals surface area contributed by atoms with Crippen LogP contribution in [-0.2, 0) is 0 Å². The number of fused-ring (bicyclic) bond motifs is 1. The third-order valence-electron chi connectivity index (χ3n) is 3.55. The highest BCUT2D eigenvalue weighted by atomic mass is 35.5. The number of hydrogen-bond donors (Lipinski definition) is 1. The van der Waals surface area contributed by atoms with E-state index in [2.05, 4.69) is 24.4 Å². The third kappa shape index (κ3) is 2.22. The van der Waals surface area contributed by atoms with E-state index in [4.69, 9.17) is 11.6 Å². The van der Waals surface area contributed by atoms with Gasteiger partial charge in [0.05, 0.1) is 0 Å². The number of rotatable bonds is 1. The molecule has 0 radical (unpaired) electrons. The number of hydrogen-bond acceptors (Lipinski definition) is 2. The summed E-state index contributed by atoms with van der Waals surface area (Å²) in [6, 6.07) is 9.11. The van der Waals surface area contributed by atoms with Crippen molar-refractivity contribution in [3.63, 3.8) is 0 Å². The maximum Gasteiger partial charge on any atom is 0.0492 e. The van der Waals surface area contributed by atoms with Gasteiger partial charge in [0, 0.05) is 26.0 Å². The normalized spacial score (nSPS) is 25.3. The predicted octanol–water partition coefficient (Wildman–Crippen LogP) is 4.41. The number of piperidine rings is 1. The molecular formula is C14H16ClNS. The van der Waals surface area contributed by atoms with Gasteiger partial charge in [0.2, 0.25) is 0 Å². The van der Waals surface area contributed by atoms with Gasteiger partial charge in [-0.15, -0.1) is 11.3 Å². The molecule has 1 N–H and O–H groups in total. The minimum atomic E-state index is 0.634. The SMILES string of the molecule is C[C@@H]1C[C@H](c2cc3c(Cl)cccc3s2)CCN1. The molecule has 2 heterocycles. The highest BCUT2D eigenvalue weighted by molar-refractivity contribution is 7.19. The lowest BCUT2D eigenvalue weighted by molar-refractivity contribution is 0.384. The van der Waals surface area contributed by atoms with Crippen molar-refractivity contribution in [2.24, 2.45) is 0 Å². The molecule has 17 heavy (non-hydrogen) atoms. The Morgan fingerprint density at radius 3 is 3.06 bits per heavy atom. The van der Waals surface area contributed by atoms with Crippen LogP contribution in [0.15, 0.2) is 24.3 Å². The van der Waals surface area contributed by atoms with E-state index in [1.54, 1.807) is 0 Å². The largest absolute Gasteiger partial charge is 0.314 e. The lowest BCUT2D eigenvalue weighted by atomic mass is 9.92. The van der Waals surface area contributed by atoms with Crippen LogP contribution < -0.4 is 5.32 Å². The molecule has 0 spiro atoms. The van der Waals surface area contributed by atoms with Crippen molar-refractivity contribution in [2.75, 3.05) is 6.54 Å². The van der Waals surface area contributed by atoms with Gasteiger partial charge in [-0.1, -0.05) is 17.7 Å². The van der Waals surface area contributed by atoms with E-state index in [0.717, 1.165) is 11.6 Å². The Balaban J connectivity index is 1.97. The van der Waals surface area contributed by atoms with Gasteiger partial charge in [-0.25, -0.2) is 0 Å². The number of thiophene rings is 1. The lowest BCUT2D eigenvalue weighted by Gasteiger charge is -2.27. The summed E-state index contributed by atoms with van der Waals surface area (Å²) in [5.74, 6) is 0.708. The number of halogens is 1. The molecule has 3 rings (SSSR count). The molecular weight excluding hydrogens is 250 g/mol. The maximum atomic E-state index is 6.23. The second-order valence-corrected chi connectivity index (χ2v) is 6.40. The highest BCUT2D eigenvalue weighted by Crippen LogP contribution is 2.38. The fourth-order valence-corrected chi connectivity index (χ4v) is 4.16. The first-order chi connectivity index (χ1) is 8.24. The van der Waals surface area contributed by atoms with Crippen LogP contribution in [0.1, 0.15) is 30.6 Å². The van der Waals surface area contributed by atoms with Gasteiger partial charge in [0.1, 0.15) is 0 Å². The van der Waals surface area contributed by atoms with Gasteiger partial charge >= 0.3 is 0 Å². The molecule has 1 fully saturated rings. The van der Waals surface area contributed by atoms with Crippen molar-refractivity contribution in [3.05, 3.63) is 34.2 Å². The van der Waals surface area contributed by atoms with E-state index in [-0.39, 0.29) is 0 Å². The first-order valence-corrected chi connectivity index (χ1v) is 7.35. The minimum Gasteiger partial charge on any atom is -0.314 e. The van der Waals surface area contributed by atoms with Gasteiger partial charge in [0.15, 0.2) is 0 Å². The zero-order valence-electron chi connectivity index (χ0n) is 9.87. The second-order valence-electron chi connectivity index (χ2n) is 4.88. The van der Waals surface area contributed by atoms with Crippen LogP contribution in [0.2, 0.25) is 5.02 Å². The standard InChI is InChI=1S/C14H16ClNS/c1-9-7-10(5-6-16-9)14-8-11-12(15)3-2-4-13(11)17-14/h2-4,8-10,16H,5-7H2,1H3/t9-,10-/m1/s1. The van der Waals surface area contributed by atoms with Crippen molar-refractivity contribution in [2.45, 2.75) is 31.7 Å². The fraction of sp³-hybridized carbons (Fsp3) is 0.429. The van der Waals surface area contributed by atoms with E-state index >= 15 is 0 Å². The lowest BCUT2D eigenvalue weighted by Crippen LogP contribution is -2.34. The first kappa shape index (κ1) is 11.5. The summed E-state index contributed by atoms with van der Waals surface area (Å²) in [4.78, 5) is 1.50. The monoisotopic (exact) mass is 265 g/mol. The Morgan fingerprint density at radius 2 is 2.29 bits per heavy atom. The van der Waals surface area contributed by atoms with Crippen LogP contribution >= 0.6 is 22.9 Å². The molecule has 0 aliphatic carbocycles. The van der Waals surface area contributed by atoms with Crippen molar-refractivity contribution in [1.82, 2.24) is 5.32 Å². The Bertz CT molecular complexity index is 534. The summed E-state index contributed by atoms with van der Waals surface area (Å²) in [6.07, 6.45) is 2.49. The van der Waals surface area contributed by atoms with Crippen LogP contribution in [0.3, 0.4) is 0 Å². The van der Waals surface area contributed by atoms with Crippen LogP contribution in [0.25, 0.3) is 10.1 Å². The molecule has 0 bridgehead atoms. The molecule has 1 nitrogen and oxygen atoms in total. The van der Waals surface area contributed by atoms with E-state index < -0.39 is 0 Å². The Labute approximate surface area is 111 Å². The smallest absolute Gasteiger partial charge is 0.0492 e. The molecule has 1 aliphatic heterocycles. The summed E-state index contributed by atoms with van der Waals surface area (Å²) >= 11 is 8.14. The van der Waals surface area contributed by atoms with E-state index in [0.29, 0.717) is 12.0 Å². The van der Waals surface area contributed by atoms with E-state index in [1.807, 2.05) is 23.5 Å². The fourth-order valence-electron chi connectivity index (χ4n) is 2.64. The topological polar surface area (TPSA) is 12.0 Å². The molecule has 1 aromatic heterocycles. The molecule has 1 aliphatic rings. The Kier molecular flexibility index (Phi) is 3.12. The molecule has 0 unspecified atom stereocenters. The van der Waals surface area contributed by atoms with E-state index in [9.17, 15) is 0 Å². The summed E-state index contributed by atoms with van der Waals surface area (Å²) in [5, 5.41) is 5.61. The summed E-state index contributed by atoms with van der Waals surface area (Å²) in [7, 11) is 0. The average Bonchev–Trinajstić information content (AvgIpc) is 2.74. The summed E-state index contributed by atoms with van der Waals surface area (Å²) in [5.41, 5.74) is 0. The number of benzene rings is 1. The van der Waals surface area contributed by atoms with Crippen LogP contribution in [0.5, 0.6) is 0 Å². The molecule has 0 amide bonds. The quantitative estimate of drug-likeness (QED) is 0.805.